The van der Waals surface area contributed by atoms with Crippen LogP contribution in [0.15, 0.2) is 44.7 Å². The first kappa shape index (κ1) is 12.4. The van der Waals surface area contributed by atoms with Crippen LogP contribution in [0.2, 0.25) is 0 Å². The van der Waals surface area contributed by atoms with Crippen molar-refractivity contribution in [3.05, 3.63) is 45.7 Å². The van der Waals surface area contributed by atoms with Gasteiger partial charge in [-0.3, -0.25) is 0 Å². The first-order chi connectivity index (χ1) is 9.16. The van der Waals surface area contributed by atoms with Gasteiger partial charge in [-0.1, -0.05) is 38.8 Å². The van der Waals surface area contributed by atoms with Crippen LogP contribution in [0.4, 0.5) is 5.88 Å². The Balaban J connectivity index is 2.24. The Labute approximate surface area is 123 Å². The van der Waals surface area contributed by atoms with E-state index in [9.17, 15) is 0 Å². The van der Waals surface area contributed by atoms with E-state index < -0.39 is 0 Å². The SMILES string of the molecule is Cc1ccc(Br)c(-c2noc(N)c2-c2cccs2)c1. The molecule has 2 aromatic heterocycles. The fourth-order valence-corrected chi connectivity index (χ4v) is 3.18. The Morgan fingerprint density at radius 2 is 2.16 bits per heavy atom. The largest absolute Gasteiger partial charge is 0.367 e. The van der Waals surface area contributed by atoms with Gasteiger partial charge in [0.15, 0.2) is 0 Å². The molecule has 3 nitrogen and oxygen atoms in total. The topological polar surface area (TPSA) is 52.0 Å². The Hall–Kier alpha value is -1.59. The van der Waals surface area contributed by atoms with Crippen LogP contribution in [0.3, 0.4) is 0 Å². The predicted octanol–water partition coefficient (Wildman–Crippen LogP) is 4.72. The minimum absolute atomic E-state index is 0.353. The van der Waals surface area contributed by atoms with Gasteiger partial charge in [-0.05, 0) is 30.5 Å². The minimum atomic E-state index is 0.353. The summed E-state index contributed by atoms with van der Waals surface area (Å²) in [6.45, 7) is 2.05. The lowest BCUT2D eigenvalue weighted by atomic mass is 10.0. The predicted molar refractivity (Wildman–Crippen MR) is 82.1 cm³/mol. The molecule has 0 atom stereocenters. The monoisotopic (exact) mass is 334 g/mol. The Morgan fingerprint density at radius 1 is 1.32 bits per heavy atom. The van der Waals surface area contributed by atoms with Crippen molar-refractivity contribution in [3.8, 4) is 21.7 Å². The average Bonchev–Trinajstić information content (AvgIpc) is 3.01. The number of aryl methyl sites for hydroxylation is 1. The number of thiophene rings is 1. The van der Waals surface area contributed by atoms with Crippen molar-refractivity contribution in [1.82, 2.24) is 5.16 Å². The van der Waals surface area contributed by atoms with Gasteiger partial charge in [0.2, 0.25) is 5.88 Å². The second-order valence-corrected chi connectivity index (χ2v) is 6.03. The molecule has 1 aromatic carbocycles. The van der Waals surface area contributed by atoms with Crippen molar-refractivity contribution in [1.29, 1.82) is 0 Å². The molecule has 0 radical (unpaired) electrons. The molecular formula is C14H11BrN2OS. The highest BCUT2D eigenvalue weighted by atomic mass is 79.9. The summed E-state index contributed by atoms with van der Waals surface area (Å²) in [6, 6.07) is 10.1. The van der Waals surface area contributed by atoms with Crippen molar-refractivity contribution >= 4 is 33.2 Å². The van der Waals surface area contributed by atoms with Crippen LogP contribution in [0.5, 0.6) is 0 Å². The summed E-state index contributed by atoms with van der Waals surface area (Å²) in [5, 5.41) is 6.13. The first-order valence-electron chi connectivity index (χ1n) is 5.72. The molecule has 2 heterocycles. The number of nitrogens with zero attached hydrogens (tertiary/aromatic N) is 1. The number of hydrogen-bond donors (Lipinski definition) is 1. The van der Waals surface area contributed by atoms with E-state index in [1.807, 2.05) is 36.6 Å². The van der Waals surface area contributed by atoms with E-state index in [2.05, 4.69) is 27.2 Å². The third-order valence-corrected chi connectivity index (χ3v) is 4.44. The van der Waals surface area contributed by atoms with Crippen molar-refractivity contribution in [2.45, 2.75) is 6.92 Å². The summed E-state index contributed by atoms with van der Waals surface area (Å²) in [6.07, 6.45) is 0. The molecule has 0 spiro atoms. The van der Waals surface area contributed by atoms with Crippen LogP contribution in [0, 0.1) is 6.92 Å². The smallest absolute Gasteiger partial charge is 0.231 e. The minimum Gasteiger partial charge on any atom is -0.367 e. The highest BCUT2D eigenvalue weighted by Gasteiger charge is 2.19. The van der Waals surface area contributed by atoms with Crippen molar-refractivity contribution in [3.63, 3.8) is 0 Å². The zero-order chi connectivity index (χ0) is 13.4. The number of halogens is 1. The molecule has 96 valence electrons. The first-order valence-corrected chi connectivity index (χ1v) is 7.39. The van der Waals surface area contributed by atoms with E-state index in [4.69, 9.17) is 10.3 Å². The van der Waals surface area contributed by atoms with Crippen molar-refractivity contribution in [2.75, 3.05) is 5.73 Å². The number of aromatic nitrogens is 1. The maximum Gasteiger partial charge on any atom is 0.231 e. The second-order valence-electron chi connectivity index (χ2n) is 4.23. The number of anilines is 1. The lowest BCUT2D eigenvalue weighted by Gasteiger charge is -2.04. The summed E-state index contributed by atoms with van der Waals surface area (Å²) < 4.78 is 6.16. The van der Waals surface area contributed by atoms with Gasteiger partial charge >= 0.3 is 0 Å². The maximum atomic E-state index is 5.92. The van der Waals surface area contributed by atoms with Gasteiger partial charge in [-0.15, -0.1) is 11.3 Å². The van der Waals surface area contributed by atoms with Crippen LogP contribution in [-0.4, -0.2) is 5.16 Å². The number of rotatable bonds is 2. The van der Waals surface area contributed by atoms with Gasteiger partial charge in [-0.2, -0.15) is 0 Å². The fourth-order valence-electron chi connectivity index (χ4n) is 1.97. The van der Waals surface area contributed by atoms with Gasteiger partial charge in [0.05, 0.1) is 5.56 Å². The fraction of sp³-hybridized carbons (Fsp3) is 0.0714. The average molecular weight is 335 g/mol. The Kier molecular flexibility index (Phi) is 3.16. The van der Waals surface area contributed by atoms with Gasteiger partial charge in [0.1, 0.15) is 5.69 Å². The molecule has 3 rings (SSSR count). The maximum absolute atomic E-state index is 5.92. The summed E-state index contributed by atoms with van der Waals surface area (Å²) in [7, 11) is 0. The van der Waals surface area contributed by atoms with E-state index in [1.165, 1.54) is 0 Å². The van der Waals surface area contributed by atoms with E-state index in [1.54, 1.807) is 11.3 Å². The lowest BCUT2D eigenvalue weighted by molar-refractivity contribution is 0.439. The van der Waals surface area contributed by atoms with Gasteiger partial charge in [-0.25, -0.2) is 0 Å². The van der Waals surface area contributed by atoms with Crippen LogP contribution in [0.1, 0.15) is 5.56 Å². The molecule has 0 fully saturated rings. The zero-order valence-corrected chi connectivity index (χ0v) is 12.6. The molecule has 0 aliphatic heterocycles. The Bertz CT molecular complexity index is 719. The summed E-state index contributed by atoms with van der Waals surface area (Å²) in [4.78, 5) is 1.06. The van der Waals surface area contributed by atoms with Crippen LogP contribution < -0.4 is 5.73 Å². The standard InChI is InChI=1S/C14H11BrN2OS/c1-8-4-5-10(15)9(7-8)13-12(14(16)18-17-13)11-3-2-6-19-11/h2-7H,16H2,1H3. The normalized spacial score (nSPS) is 10.8. The third kappa shape index (κ3) is 2.19. The molecule has 0 aliphatic carbocycles. The lowest BCUT2D eigenvalue weighted by Crippen LogP contribution is -1.87. The molecule has 0 saturated heterocycles. The van der Waals surface area contributed by atoms with E-state index in [-0.39, 0.29) is 0 Å². The summed E-state index contributed by atoms with van der Waals surface area (Å²) in [5.41, 5.74) is 9.71. The molecule has 0 aliphatic rings. The van der Waals surface area contributed by atoms with E-state index in [0.29, 0.717) is 5.88 Å². The van der Waals surface area contributed by atoms with E-state index >= 15 is 0 Å². The molecule has 0 saturated carbocycles. The quantitative estimate of drug-likeness (QED) is 0.737. The summed E-state index contributed by atoms with van der Waals surface area (Å²) in [5.74, 6) is 0.353. The highest BCUT2D eigenvalue weighted by molar-refractivity contribution is 9.10. The van der Waals surface area contributed by atoms with Crippen LogP contribution in [-0.2, 0) is 0 Å². The number of nitrogens with two attached hydrogens (primary N) is 1. The van der Waals surface area contributed by atoms with E-state index in [0.717, 1.165) is 31.7 Å². The number of hydrogen-bond acceptors (Lipinski definition) is 4. The van der Waals surface area contributed by atoms with Crippen molar-refractivity contribution in [2.24, 2.45) is 0 Å². The van der Waals surface area contributed by atoms with Gasteiger partial charge < -0.3 is 10.3 Å². The number of nitrogen functional groups attached to an aromatic ring is 1. The molecular weight excluding hydrogens is 324 g/mol. The molecule has 2 N–H and O–H groups in total. The zero-order valence-electron chi connectivity index (χ0n) is 10.2. The number of benzene rings is 1. The van der Waals surface area contributed by atoms with Crippen LogP contribution in [0.25, 0.3) is 21.7 Å². The highest BCUT2D eigenvalue weighted by Crippen LogP contribution is 2.40. The molecule has 19 heavy (non-hydrogen) atoms. The third-order valence-electron chi connectivity index (χ3n) is 2.86. The molecule has 3 aromatic rings. The Morgan fingerprint density at radius 3 is 2.89 bits per heavy atom. The summed E-state index contributed by atoms with van der Waals surface area (Å²) >= 11 is 5.17. The molecule has 5 heteroatoms. The second kappa shape index (κ2) is 4.83. The van der Waals surface area contributed by atoms with Gasteiger partial charge in [0, 0.05) is 14.9 Å². The molecule has 0 bridgehead atoms. The van der Waals surface area contributed by atoms with Crippen molar-refractivity contribution < 1.29 is 4.52 Å². The molecule has 0 amide bonds. The van der Waals surface area contributed by atoms with Gasteiger partial charge in [0.25, 0.3) is 0 Å². The molecule has 0 unspecified atom stereocenters. The van der Waals surface area contributed by atoms with Crippen LogP contribution >= 0.6 is 27.3 Å².